The standard InChI is InChI=1S/C24H33N5O4S/c1-5-17(3)26-24(31)19-7-9-22(29-12-10-25-11-13-29)21(15-19)28-34(32,33)23-14-16(2)6-8-20(23)27-18(4)30/h6-9,14-15,17,25,28H,5,10-13H2,1-4H3,(H,26,31)(H,27,30)/t17-/m1/s1. The molecule has 2 aromatic rings. The fraction of sp³-hybridized carbons (Fsp3) is 0.417. The maximum atomic E-state index is 13.5. The lowest BCUT2D eigenvalue weighted by atomic mass is 10.1. The number of piperazine rings is 1. The zero-order chi connectivity index (χ0) is 24.9. The van der Waals surface area contributed by atoms with Crippen molar-refractivity contribution in [1.82, 2.24) is 10.6 Å². The molecule has 9 nitrogen and oxygen atoms in total. The van der Waals surface area contributed by atoms with E-state index >= 15 is 0 Å². The van der Waals surface area contributed by atoms with E-state index in [9.17, 15) is 18.0 Å². The molecule has 0 saturated carbocycles. The quantitative estimate of drug-likeness (QED) is 0.455. The van der Waals surface area contributed by atoms with Crippen LogP contribution in [0, 0.1) is 6.92 Å². The van der Waals surface area contributed by atoms with Crippen LogP contribution in [0.5, 0.6) is 0 Å². The number of carbonyl (C=O) groups excluding carboxylic acids is 2. The minimum Gasteiger partial charge on any atom is -0.367 e. The number of benzene rings is 2. The van der Waals surface area contributed by atoms with E-state index in [1.54, 1.807) is 37.3 Å². The maximum absolute atomic E-state index is 13.5. The molecule has 184 valence electrons. The molecule has 0 radical (unpaired) electrons. The summed E-state index contributed by atoms with van der Waals surface area (Å²) in [5, 5.41) is 8.79. The normalized spacial score (nSPS) is 14.9. The van der Waals surface area contributed by atoms with Crippen molar-refractivity contribution in [3.05, 3.63) is 47.5 Å². The van der Waals surface area contributed by atoms with Crippen LogP contribution < -0.4 is 25.6 Å². The van der Waals surface area contributed by atoms with Crippen molar-refractivity contribution in [2.75, 3.05) is 41.1 Å². The molecule has 0 spiro atoms. The average molecular weight is 488 g/mol. The van der Waals surface area contributed by atoms with Gasteiger partial charge in [-0.3, -0.25) is 14.3 Å². The number of carbonyl (C=O) groups is 2. The topological polar surface area (TPSA) is 120 Å². The second-order valence-electron chi connectivity index (χ2n) is 8.54. The number of hydrogen-bond donors (Lipinski definition) is 4. The van der Waals surface area contributed by atoms with Crippen LogP contribution in [0.4, 0.5) is 17.1 Å². The van der Waals surface area contributed by atoms with Crippen molar-refractivity contribution in [2.24, 2.45) is 0 Å². The second kappa shape index (κ2) is 10.9. The summed E-state index contributed by atoms with van der Waals surface area (Å²) < 4.78 is 29.7. The Hall–Kier alpha value is -3.11. The van der Waals surface area contributed by atoms with E-state index in [2.05, 4.69) is 25.6 Å². The summed E-state index contributed by atoms with van der Waals surface area (Å²) in [6.45, 7) is 9.95. The van der Waals surface area contributed by atoms with E-state index in [1.807, 2.05) is 13.8 Å². The smallest absolute Gasteiger partial charge is 0.264 e. The third-order valence-corrected chi connectivity index (χ3v) is 7.09. The Kier molecular flexibility index (Phi) is 8.16. The van der Waals surface area contributed by atoms with Gasteiger partial charge in [0.05, 0.1) is 17.1 Å². The molecule has 0 aromatic heterocycles. The van der Waals surface area contributed by atoms with Gasteiger partial charge in [-0.1, -0.05) is 13.0 Å². The molecule has 1 atom stereocenters. The number of aryl methyl sites for hydroxylation is 1. The lowest BCUT2D eigenvalue weighted by molar-refractivity contribution is -0.114. The predicted octanol–water partition coefficient (Wildman–Crippen LogP) is 2.69. The first-order valence-corrected chi connectivity index (χ1v) is 12.9. The maximum Gasteiger partial charge on any atom is 0.264 e. The highest BCUT2D eigenvalue weighted by molar-refractivity contribution is 7.93. The third-order valence-electron chi connectivity index (χ3n) is 5.69. The number of amides is 2. The van der Waals surface area contributed by atoms with E-state index < -0.39 is 10.0 Å². The summed E-state index contributed by atoms with van der Waals surface area (Å²) >= 11 is 0. The van der Waals surface area contributed by atoms with Crippen LogP contribution in [0.2, 0.25) is 0 Å². The van der Waals surface area contributed by atoms with E-state index in [1.165, 1.54) is 13.0 Å². The Bertz CT molecular complexity index is 1160. The van der Waals surface area contributed by atoms with E-state index in [-0.39, 0.29) is 28.4 Å². The van der Waals surface area contributed by atoms with Crippen LogP contribution in [0.15, 0.2) is 41.3 Å². The SMILES string of the molecule is CC[C@@H](C)NC(=O)c1ccc(N2CCNCC2)c(NS(=O)(=O)c2cc(C)ccc2NC(C)=O)c1. The van der Waals surface area contributed by atoms with Crippen LogP contribution in [0.1, 0.15) is 43.1 Å². The van der Waals surface area contributed by atoms with Gasteiger partial charge >= 0.3 is 0 Å². The molecule has 3 rings (SSSR count). The fourth-order valence-corrected chi connectivity index (χ4v) is 5.01. The van der Waals surface area contributed by atoms with Gasteiger partial charge in [-0.05, 0) is 56.2 Å². The lowest BCUT2D eigenvalue weighted by Crippen LogP contribution is -2.43. The van der Waals surface area contributed by atoms with Crippen molar-refractivity contribution < 1.29 is 18.0 Å². The van der Waals surface area contributed by atoms with Crippen LogP contribution in [-0.2, 0) is 14.8 Å². The van der Waals surface area contributed by atoms with Crippen LogP contribution in [-0.4, -0.2) is 52.5 Å². The second-order valence-corrected chi connectivity index (χ2v) is 10.2. The highest BCUT2D eigenvalue weighted by Crippen LogP contribution is 2.32. The van der Waals surface area contributed by atoms with Gasteiger partial charge in [-0.15, -0.1) is 0 Å². The first-order chi connectivity index (χ1) is 16.1. The molecule has 34 heavy (non-hydrogen) atoms. The van der Waals surface area contributed by atoms with Gasteiger partial charge in [0, 0.05) is 44.7 Å². The number of anilines is 3. The molecule has 1 fully saturated rings. The zero-order valence-electron chi connectivity index (χ0n) is 20.1. The number of sulfonamides is 1. The van der Waals surface area contributed by atoms with Crippen LogP contribution in [0.3, 0.4) is 0 Å². The molecule has 2 aromatic carbocycles. The van der Waals surface area contributed by atoms with Crippen molar-refractivity contribution in [3.8, 4) is 0 Å². The van der Waals surface area contributed by atoms with Crippen molar-refractivity contribution in [2.45, 2.75) is 45.1 Å². The molecule has 1 aliphatic rings. The summed E-state index contributed by atoms with van der Waals surface area (Å²) in [7, 11) is -4.08. The predicted molar refractivity (Wildman–Crippen MR) is 135 cm³/mol. The monoisotopic (exact) mass is 487 g/mol. The third kappa shape index (κ3) is 6.27. The molecule has 10 heteroatoms. The molecule has 1 saturated heterocycles. The highest BCUT2D eigenvalue weighted by atomic mass is 32.2. The highest BCUT2D eigenvalue weighted by Gasteiger charge is 2.24. The molecular formula is C24H33N5O4S. The molecule has 0 aliphatic carbocycles. The fourth-order valence-electron chi connectivity index (χ4n) is 3.69. The first-order valence-electron chi connectivity index (χ1n) is 11.4. The summed E-state index contributed by atoms with van der Waals surface area (Å²) in [5.41, 5.74) is 2.30. The first kappa shape index (κ1) is 25.5. The van der Waals surface area contributed by atoms with Crippen LogP contribution >= 0.6 is 0 Å². The van der Waals surface area contributed by atoms with E-state index in [4.69, 9.17) is 0 Å². The Morgan fingerprint density at radius 3 is 2.44 bits per heavy atom. The largest absolute Gasteiger partial charge is 0.367 e. The Morgan fingerprint density at radius 2 is 1.79 bits per heavy atom. The Morgan fingerprint density at radius 1 is 1.09 bits per heavy atom. The zero-order valence-corrected chi connectivity index (χ0v) is 20.9. The molecule has 2 amide bonds. The molecular weight excluding hydrogens is 454 g/mol. The van der Waals surface area contributed by atoms with Crippen LogP contribution in [0.25, 0.3) is 0 Å². The molecule has 1 heterocycles. The van der Waals surface area contributed by atoms with Gasteiger partial charge in [-0.25, -0.2) is 8.42 Å². The number of rotatable bonds is 8. The van der Waals surface area contributed by atoms with Gasteiger partial charge in [0.1, 0.15) is 4.90 Å². The van der Waals surface area contributed by atoms with Gasteiger partial charge in [0.2, 0.25) is 5.91 Å². The van der Waals surface area contributed by atoms with Crippen molar-refractivity contribution in [3.63, 3.8) is 0 Å². The summed E-state index contributed by atoms with van der Waals surface area (Å²) in [4.78, 5) is 26.4. The Balaban J connectivity index is 2.04. The molecule has 0 unspecified atom stereocenters. The van der Waals surface area contributed by atoms with E-state index in [0.717, 1.165) is 25.1 Å². The summed E-state index contributed by atoms with van der Waals surface area (Å²) in [6, 6.07) is 9.86. The summed E-state index contributed by atoms with van der Waals surface area (Å²) in [6.07, 6.45) is 0.781. The summed E-state index contributed by atoms with van der Waals surface area (Å²) in [5.74, 6) is -0.637. The minimum absolute atomic E-state index is 0.00649. The number of nitrogens with one attached hydrogen (secondary N) is 4. The number of hydrogen-bond acceptors (Lipinski definition) is 6. The molecule has 1 aliphatic heterocycles. The Labute approximate surface area is 201 Å². The van der Waals surface area contributed by atoms with Gasteiger partial charge in [0.25, 0.3) is 15.9 Å². The van der Waals surface area contributed by atoms with Gasteiger partial charge in [-0.2, -0.15) is 0 Å². The molecule has 0 bridgehead atoms. The van der Waals surface area contributed by atoms with Gasteiger partial charge in [0.15, 0.2) is 0 Å². The van der Waals surface area contributed by atoms with Gasteiger partial charge < -0.3 is 20.9 Å². The molecule has 4 N–H and O–H groups in total. The minimum atomic E-state index is -4.08. The van der Waals surface area contributed by atoms with Crippen molar-refractivity contribution in [1.29, 1.82) is 0 Å². The number of nitrogens with zero attached hydrogens (tertiary/aromatic N) is 1. The lowest BCUT2D eigenvalue weighted by Gasteiger charge is -2.31. The van der Waals surface area contributed by atoms with E-state index in [0.29, 0.717) is 30.0 Å². The average Bonchev–Trinajstić information content (AvgIpc) is 2.80. The van der Waals surface area contributed by atoms with Crippen molar-refractivity contribution >= 4 is 38.9 Å².